The lowest BCUT2D eigenvalue weighted by atomic mass is 9.92. The van der Waals surface area contributed by atoms with Crippen LogP contribution in [0, 0.1) is 12.3 Å². The lowest BCUT2D eigenvalue weighted by Crippen LogP contribution is -2.40. The number of nitrogens with zero attached hydrogens (tertiary/aromatic N) is 4. The first kappa shape index (κ1) is 16.5. The minimum absolute atomic E-state index is 0.196. The molecule has 25 heavy (non-hydrogen) atoms. The van der Waals surface area contributed by atoms with Crippen LogP contribution in [0.4, 0.5) is 5.82 Å². The van der Waals surface area contributed by atoms with Gasteiger partial charge in [0.15, 0.2) is 0 Å². The maximum atomic E-state index is 12.2. The molecule has 2 fully saturated rings. The van der Waals surface area contributed by atoms with Crippen LogP contribution in [-0.2, 0) is 11.3 Å². The Hall–Kier alpha value is -1.95. The number of anilines is 1. The van der Waals surface area contributed by atoms with Gasteiger partial charge in [0, 0.05) is 44.4 Å². The Kier molecular flexibility index (Phi) is 4.23. The van der Waals surface area contributed by atoms with Crippen LogP contribution in [0.5, 0.6) is 0 Å². The minimum Gasteiger partial charge on any atom is -0.356 e. The molecule has 0 aromatic carbocycles. The molecular formula is C19H24N4OS. The van der Waals surface area contributed by atoms with Crippen molar-refractivity contribution in [1.82, 2.24) is 14.9 Å². The number of hydrogen-bond donors (Lipinski definition) is 0. The molecule has 2 aliphatic rings. The highest BCUT2D eigenvalue weighted by atomic mass is 32.1. The Morgan fingerprint density at radius 3 is 2.84 bits per heavy atom. The second kappa shape index (κ2) is 6.41. The van der Waals surface area contributed by atoms with Crippen LogP contribution < -0.4 is 4.90 Å². The molecular weight excluding hydrogens is 332 g/mol. The van der Waals surface area contributed by atoms with Gasteiger partial charge < -0.3 is 9.80 Å². The standard InChI is InChI=1S/C19H24N4OS/c1-14-9-18(21-13-20-14)22-6-4-19(5-7-22)10-17(19)23(15(2)24)11-16-3-8-25-12-16/h3,8-9,12-13,17H,4-7,10-11H2,1-2H3. The molecule has 1 amide bonds. The van der Waals surface area contributed by atoms with Crippen LogP contribution in [0.15, 0.2) is 29.2 Å². The summed E-state index contributed by atoms with van der Waals surface area (Å²) in [6, 6.07) is 4.58. The number of carbonyl (C=O) groups is 1. The number of rotatable bonds is 4. The number of carbonyl (C=O) groups excluding carboxylic acids is 1. The Morgan fingerprint density at radius 1 is 1.40 bits per heavy atom. The highest BCUT2D eigenvalue weighted by Gasteiger charge is 2.58. The third-order valence-corrected chi connectivity index (χ3v) is 6.46. The molecule has 1 aliphatic carbocycles. The van der Waals surface area contributed by atoms with E-state index in [4.69, 9.17) is 0 Å². The SMILES string of the molecule is CC(=O)N(Cc1ccsc1)C1CC12CCN(c1cc(C)ncn1)CC2. The van der Waals surface area contributed by atoms with E-state index < -0.39 is 0 Å². The summed E-state index contributed by atoms with van der Waals surface area (Å²) in [6.45, 7) is 6.48. The number of aryl methyl sites for hydroxylation is 1. The van der Waals surface area contributed by atoms with E-state index in [1.807, 2.05) is 6.92 Å². The lowest BCUT2D eigenvalue weighted by molar-refractivity contribution is -0.130. The predicted octanol–water partition coefficient (Wildman–Crippen LogP) is 3.25. The van der Waals surface area contributed by atoms with Crippen LogP contribution >= 0.6 is 11.3 Å². The average Bonchev–Trinajstić information content (AvgIpc) is 3.04. The molecule has 4 rings (SSSR count). The Bertz CT molecular complexity index is 753. The fraction of sp³-hybridized carbons (Fsp3) is 0.526. The summed E-state index contributed by atoms with van der Waals surface area (Å²) in [5.74, 6) is 1.23. The number of hydrogen-bond acceptors (Lipinski definition) is 5. The van der Waals surface area contributed by atoms with Gasteiger partial charge in [-0.15, -0.1) is 0 Å². The van der Waals surface area contributed by atoms with E-state index in [-0.39, 0.29) is 5.91 Å². The van der Waals surface area contributed by atoms with Crippen molar-refractivity contribution in [2.75, 3.05) is 18.0 Å². The van der Waals surface area contributed by atoms with Gasteiger partial charge in [-0.3, -0.25) is 4.79 Å². The van der Waals surface area contributed by atoms with Crippen molar-refractivity contribution >= 4 is 23.1 Å². The van der Waals surface area contributed by atoms with Gasteiger partial charge in [0.1, 0.15) is 12.1 Å². The molecule has 0 radical (unpaired) electrons. The second-order valence-electron chi connectivity index (χ2n) is 7.37. The Morgan fingerprint density at radius 2 is 2.20 bits per heavy atom. The van der Waals surface area contributed by atoms with Crippen LogP contribution in [-0.4, -0.2) is 39.9 Å². The van der Waals surface area contributed by atoms with E-state index in [0.29, 0.717) is 11.5 Å². The Labute approximate surface area is 152 Å². The summed E-state index contributed by atoms with van der Waals surface area (Å²) in [6.07, 6.45) is 5.06. The Balaban J connectivity index is 1.41. The molecule has 1 unspecified atom stereocenters. The van der Waals surface area contributed by atoms with E-state index in [0.717, 1.165) is 50.4 Å². The number of amides is 1. The fourth-order valence-corrected chi connectivity index (χ4v) is 4.78. The van der Waals surface area contributed by atoms with Crippen molar-refractivity contribution in [1.29, 1.82) is 0 Å². The van der Waals surface area contributed by atoms with Crippen molar-refractivity contribution in [2.45, 2.75) is 45.7 Å². The minimum atomic E-state index is 0.196. The van der Waals surface area contributed by atoms with Crippen LogP contribution in [0.25, 0.3) is 0 Å². The number of piperidine rings is 1. The molecule has 2 aromatic heterocycles. The summed E-state index contributed by atoms with van der Waals surface area (Å²) in [7, 11) is 0. The molecule has 1 atom stereocenters. The zero-order chi connectivity index (χ0) is 17.4. The van der Waals surface area contributed by atoms with Gasteiger partial charge in [-0.05, 0) is 54.0 Å². The van der Waals surface area contributed by atoms with E-state index in [2.05, 4.69) is 42.7 Å². The quantitative estimate of drug-likeness (QED) is 0.844. The zero-order valence-corrected chi connectivity index (χ0v) is 15.6. The molecule has 5 nitrogen and oxygen atoms in total. The van der Waals surface area contributed by atoms with Gasteiger partial charge in [0.05, 0.1) is 0 Å². The van der Waals surface area contributed by atoms with E-state index in [9.17, 15) is 4.79 Å². The van der Waals surface area contributed by atoms with Crippen LogP contribution in [0.1, 0.15) is 37.4 Å². The maximum absolute atomic E-state index is 12.2. The van der Waals surface area contributed by atoms with E-state index >= 15 is 0 Å². The first-order valence-electron chi connectivity index (χ1n) is 8.89. The van der Waals surface area contributed by atoms with E-state index in [1.54, 1.807) is 24.6 Å². The monoisotopic (exact) mass is 356 g/mol. The molecule has 0 N–H and O–H groups in total. The average molecular weight is 356 g/mol. The van der Waals surface area contributed by atoms with Gasteiger partial charge in [0.25, 0.3) is 0 Å². The van der Waals surface area contributed by atoms with Crippen molar-refractivity contribution < 1.29 is 4.79 Å². The largest absolute Gasteiger partial charge is 0.356 e. The van der Waals surface area contributed by atoms with Crippen molar-refractivity contribution in [2.24, 2.45) is 5.41 Å². The smallest absolute Gasteiger partial charge is 0.220 e. The maximum Gasteiger partial charge on any atom is 0.220 e. The zero-order valence-electron chi connectivity index (χ0n) is 14.8. The van der Waals surface area contributed by atoms with Gasteiger partial charge in [-0.2, -0.15) is 11.3 Å². The third kappa shape index (κ3) is 3.27. The molecule has 1 saturated heterocycles. The van der Waals surface area contributed by atoms with Crippen molar-refractivity contribution in [3.05, 3.63) is 40.5 Å². The molecule has 1 aliphatic heterocycles. The summed E-state index contributed by atoms with van der Waals surface area (Å²) >= 11 is 1.69. The first-order chi connectivity index (χ1) is 12.1. The normalized spacial score (nSPS) is 21.4. The van der Waals surface area contributed by atoms with Gasteiger partial charge in [-0.25, -0.2) is 9.97 Å². The van der Waals surface area contributed by atoms with Gasteiger partial charge >= 0.3 is 0 Å². The summed E-state index contributed by atoms with van der Waals surface area (Å²) < 4.78 is 0. The molecule has 1 spiro atoms. The van der Waals surface area contributed by atoms with Gasteiger partial charge in [0.2, 0.25) is 5.91 Å². The fourth-order valence-electron chi connectivity index (χ4n) is 4.12. The lowest BCUT2D eigenvalue weighted by Gasteiger charge is -2.35. The number of thiophene rings is 1. The van der Waals surface area contributed by atoms with Gasteiger partial charge in [-0.1, -0.05) is 0 Å². The second-order valence-corrected chi connectivity index (χ2v) is 8.15. The number of aromatic nitrogens is 2. The topological polar surface area (TPSA) is 49.3 Å². The highest BCUT2D eigenvalue weighted by molar-refractivity contribution is 7.07. The molecule has 6 heteroatoms. The first-order valence-corrected chi connectivity index (χ1v) is 9.84. The van der Waals surface area contributed by atoms with E-state index in [1.165, 1.54) is 5.56 Å². The predicted molar refractivity (Wildman–Crippen MR) is 99.6 cm³/mol. The summed E-state index contributed by atoms with van der Waals surface area (Å²) in [5, 5.41) is 4.23. The molecule has 2 aromatic rings. The third-order valence-electron chi connectivity index (χ3n) is 5.73. The molecule has 132 valence electrons. The van der Waals surface area contributed by atoms with Crippen LogP contribution in [0.3, 0.4) is 0 Å². The highest BCUT2D eigenvalue weighted by Crippen LogP contribution is 2.57. The molecule has 1 saturated carbocycles. The molecule has 0 bridgehead atoms. The summed E-state index contributed by atoms with van der Waals surface area (Å²) in [5.41, 5.74) is 2.57. The summed E-state index contributed by atoms with van der Waals surface area (Å²) in [4.78, 5) is 25.2. The molecule has 3 heterocycles. The van der Waals surface area contributed by atoms with Crippen molar-refractivity contribution in [3.8, 4) is 0 Å². The van der Waals surface area contributed by atoms with Crippen molar-refractivity contribution in [3.63, 3.8) is 0 Å². The van der Waals surface area contributed by atoms with Crippen LogP contribution in [0.2, 0.25) is 0 Å².